The van der Waals surface area contributed by atoms with Gasteiger partial charge < -0.3 is 20.4 Å². The maximum absolute atomic E-state index is 11.7. The van der Waals surface area contributed by atoms with Crippen LogP contribution < -0.4 is 5.32 Å². The summed E-state index contributed by atoms with van der Waals surface area (Å²) in [5.74, 6) is -0.797. The average molecular weight is 244 g/mol. The van der Waals surface area contributed by atoms with E-state index < -0.39 is 12.1 Å². The van der Waals surface area contributed by atoms with Crippen molar-refractivity contribution in [2.45, 2.75) is 32.3 Å². The van der Waals surface area contributed by atoms with Gasteiger partial charge in [0.25, 0.3) is 0 Å². The Hall–Kier alpha value is -1.30. The van der Waals surface area contributed by atoms with Crippen molar-refractivity contribution < 1.29 is 19.8 Å². The Morgan fingerprint density at radius 1 is 1.53 bits per heavy atom. The molecule has 0 aromatic rings. The molecule has 1 heterocycles. The van der Waals surface area contributed by atoms with E-state index in [0.717, 1.165) is 19.3 Å². The molecular weight excluding hydrogens is 224 g/mol. The van der Waals surface area contributed by atoms with E-state index in [9.17, 15) is 9.59 Å². The Morgan fingerprint density at radius 3 is 2.82 bits per heavy atom. The number of aliphatic hydroxyl groups is 1. The zero-order chi connectivity index (χ0) is 12.8. The molecule has 0 spiro atoms. The molecule has 1 unspecified atom stereocenters. The van der Waals surface area contributed by atoms with Crippen LogP contribution in [0.3, 0.4) is 0 Å². The summed E-state index contributed by atoms with van der Waals surface area (Å²) in [6.07, 6.45) is 1.62. The van der Waals surface area contributed by atoms with Crippen LogP contribution in [0.4, 0.5) is 4.79 Å². The zero-order valence-corrected chi connectivity index (χ0v) is 10.1. The molecule has 0 aromatic heterocycles. The topological polar surface area (TPSA) is 89.9 Å². The van der Waals surface area contributed by atoms with E-state index in [-0.39, 0.29) is 12.6 Å². The van der Waals surface area contributed by atoms with Crippen molar-refractivity contribution in [1.29, 1.82) is 0 Å². The summed E-state index contributed by atoms with van der Waals surface area (Å²) in [7, 11) is 0. The predicted octanol–water partition coefficient (Wildman–Crippen LogP) is 0.263. The SMILES string of the molecule is CCC1CCCN(C(=O)NC[C@H](O)C(=O)O)C1. The minimum Gasteiger partial charge on any atom is -0.479 e. The molecule has 1 fully saturated rings. The number of carbonyl (C=O) groups is 2. The van der Waals surface area contributed by atoms with Crippen LogP contribution in [0, 0.1) is 5.92 Å². The fraction of sp³-hybridized carbons (Fsp3) is 0.818. The number of hydrogen-bond donors (Lipinski definition) is 3. The number of nitrogens with zero attached hydrogens (tertiary/aromatic N) is 1. The van der Waals surface area contributed by atoms with Gasteiger partial charge in [-0.2, -0.15) is 0 Å². The van der Waals surface area contributed by atoms with Crippen LogP contribution in [0.5, 0.6) is 0 Å². The highest BCUT2D eigenvalue weighted by Gasteiger charge is 2.23. The van der Waals surface area contributed by atoms with Crippen LogP contribution in [0.2, 0.25) is 0 Å². The number of carboxylic acids is 1. The first kappa shape index (κ1) is 13.8. The van der Waals surface area contributed by atoms with Crippen LogP contribution >= 0.6 is 0 Å². The lowest BCUT2D eigenvalue weighted by molar-refractivity contribution is -0.146. The molecule has 2 amide bonds. The smallest absolute Gasteiger partial charge is 0.334 e. The number of amides is 2. The lowest BCUT2D eigenvalue weighted by Gasteiger charge is -2.32. The number of carboxylic acid groups (broad SMARTS) is 1. The first-order valence-corrected chi connectivity index (χ1v) is 5.98. The molecule has 1 aliphatic heterocycles. The largest absolute Gasteiger partial charge is 0.479 e. The van der Waals surface area contributed by atoms with E-state index >= 15 is 0 Å². The van der Waals surface area contributed by atoms with Crippen molar-refractivity contribution in [3.8, 4) is 0 Å². The fourth-order valence-electron chi connectivity index (χ4n) is 1.97. The van der Waals surface area contributed by atoms with Crippen molar-refractivity contribution in [1.82, 2.24) is 10.2 Å². The van der Waals surface area contributed by atoms with E-state index in [1.165, 1.54) is 0 Å². The summed E-state index contributed by atoms with van der Waals surface area (Å²) in [4.78, 5) is 23.8. The fourth-order valence-corrected chi connectivity index (χ4v) is 1.97. The van der Waals surface area contributed by atoms with Crippen molar-refractivity contribution in [3.05, 3.63) is 0 Å². The van der Waals surface area contributed by atoms with Gasteiger partial charge in [-0.05, 0) is 18.8 Å². The number of likely N-dealkylation sites (tertiary alicyclic amines) is 1. The van der Waals surface area contributed by atoms with Gasteiger partial charge in [0.1, 0.15) is 0 Å². The number of rotatable bonds is 4. The van der Waals surface area contributed by atoms with Crippen LogP contribution in [0.15, 0.2) is 0 Å². The molecule has 98 valence electrons. The minimum atomic E-state index is -1.54. The molecule has 1 rings (SSSR count). The molecule has 0 radical (unpaired) electrons. The number of piperidine rings is 1. The Balaban J connectivity index is 2.34. The molecule has 0 aliphatic carbocycles. The third kappa shape index (κ3) is 4.22. The molecular formula is C11H20N2O4. The van der Waals surface area contributed by atoms with E-state index in [2.05, 4.69) is 12.2 Å². The summed E-state index contributed by atoms with van der Waals surface area (Å²) in [6, 6.07) is -0.288. The summed E-state index contributed by atoms with van der Waals surface area (Å²) < 4.78 is 0. The summed E-state index contributed by atoms with van der Waals surface area (Å²) >= 11 is 0. The summed E-state index contributed by atoms with van der Waals surface area (Å²) in [5.41, 5.74) is 0. The first-order chi connectivity index (χ1) is 8.04. The molecule has 6 nitrogen and oxygen atoms in total. The lowest BCUT2D eigenvalue weighted by atomic mass is 9.96. The quantitative estimate of drug-likeness (QED) is 0.662. The molecule has 2 atom stereocenters. The van der Waals surface area contributed by atoms with E-state index in [1.807, 2.05) is 0 Å². The van der Waals surface area contributed by atoms with Crippen LogP contribution in [0.1, 0.15) is 26.2 Å². The minimum absolute atomic E-state index is 0.249. The van der Waals surface area contributed by atoms with E-state index in [4.69, 9.17) is 10.2 Å². The van der Waals surface area contributed by atoms with Gasteiger partial charge in [-0.25, -0.2) is 9.59 Å². The Bertz CT molecular complexity index is 283. The number of aliphatic hydroxyl groups excluding tert-OH is 1. The number of carbonyl (C=O) groups excluding carboxylic acids is 1. The Morgan fingerprint density at radius 2 is 2.24 bits per heavy atom. The third-order valence-electron chi connectivity index (χ3n) is 3.12. The Kier molecular flexibility index (Phi) is 5.21. The van der Waals surface area contributed by atoms with Crippen LogP contribution in [-0.2, 0) is 4.79 Å². The number of aliphatic carboxylic acids is 1. The van der Waals surface area contributed by atoms with Gasteiger partial charge in [-0.1, -0.05) is 13.3 Å². The predicted molar refractivity (Wildman–Crippen MR) is 61.6 cm³/mol. The molecule has 6 heteroatoms. The monoisotopic (exact) mass is 244 g/mol. The molecule has 0 saturated carbocycles. The second kappa shape index (κ2) is 6.44. The van der Waals surface area contributed by atoms with Gasteiger partial charge in [0.15, 0.2) is 6.10 Å². The normalized spacial score (nSPS) is 22.0. The maximum Gasteiger partial charge on any atom is 0.334 e. The molecule has 1 saturated heterocycles. The number of hydrogen-bond acceptors (Lipinski definition) is 3. The lowest BCUT2D eigenvalue weighted by Crippen LogP contribution is -2.48. The van der Waals surface area contributed by atoms with Gasteiger partial charge in [0.2, 0.25) is 0 Å². The van der Waals surface area contributed by atoms with Crippen molar-refractivity contribution >= 4 is 12.0 Å². The summed E-state index contributed by atoms with van der Waals surface area (Å²) in [5, 5.41) is 19.9. The highest BCUT2D eigenvalue weighted by atomic mass is 16.4. The number of urea groups is 1. The van der Waals surface area contributed by atoms with Gasteiger partial charge >= 0.3 is 12.0 Å². The second-order valence-corrected chi connectivity index (χ2v) is 4.40. The first-order valence-electron chi connectivity index (χ1n) is 5.98. The third-order valence-corrected chi connectivity index (χ3v) is 3.12. The van der Waals surface area contributed by atoms with Gasteiger partial charge in [0, 0.05) is 13.1 Å². The van der Waals surface area contributed by atoms with Gasteiger partial charge in [-0.15, -0.1) is 0 Å². The van der Waals surface area contributed by atoms with Crippen molar-refractivity contribution in [3.63, 3.8) is 0 Å². The standard InChI is InChI=1S/C11H20N2O4/c1-2-8-4-3-5-13(7-8)11(17)12-6-9(14)10(15)16/h8-9,14H,2-7H2,1H3,(H,12,17)(H,15,16)/t8?,9-/m0/s1. The zero-order valence-electron chi connectivity index (χ0n) is 10.1. The number of nitrogens with one attached hydrogen (secondary N) is 1. The molecule has 17 heavy (non-hydrogen) atoms. The average Bonchev–Trinajstić information content (AvgIpc) is 2.35. The Labute approximate surface area is 101 Å². The molecule has 0 aromatic carbocycles. The van der Waals surface area contributed by atoms with Crippen LogP contribution in [-0.4, -0.2) is 52.9 Å². The van der Waals surface area contributed by atoms with Gasteiger partial charge in [-0.3, -0.25) is 0 Å². The molecule has 1 aliphatic rings. The van der Waals surface area contributed by atoms with Crippen molar-refractivity contribution in [2.24, 2.45) is 5.92 Å². The van der Waals surface area contributed by atoms with E-state index in [1.54, 1.807) is 4.90 Å². The van der Waals surface area contributed by atoms with Gasteiger partial charge in [0.05, 0.1) is 6.54 Å². The van der Waals surface area contributed by atoms with Crippen molar-refractivity contribution in [2.75, 3.05) is 19.6 Å². The second-order valence-electron chi connectivity index (χ2n) is 4.40. The van der Waals surface area contributed by atoms with Crippen LogP contribution in [0.25, 0.3) is 0 Å². The highest BCUT2D eigenvalue weighted by Crippen LogP contribution is 2.18. The maximum atomic E-state index is 11.7. The highest BCUT2D eigenvalue weighted by molar-refractivity contribution is 5.76. The van der Waals surface area contributed by atoms with E-state index in [0.29, 0.717) is 19.0 Å². The summed E-state index contributed by atoms with van der Waals surface area (Å²) in [6.45, 7) is 3.26. The molecule has 3 N–H and O–H groups in total. The molecule has 0 bridgehead atoms.